The van der Waals surface area contributed by atoms with Crippen molar-refractivity contribution in [1.29, 1.82) is 0 Å². The van der Waals surface area contributed by atoms with Crippen LogP contribution in [0.5, 0.6) is 0 Å². The fraction of sp³-hybridized carbons (Fsp3) is 0.259. The maximum absolute atomic E-state index is 14.0. The van der Waals surface area contributed by atoms with Crippen LogP contribution in [0, 0.1) is 12.7 Å². The monoisotopic (exact) mass is 458 g/mol. The highest BCUT2D eigenvalue weighted by molar-refractivity contribution is 6.36. The van der Waals surface area contributed by atoms with Crippen molar-refractivity contribution in [3.05, 3.63) is 76.9 Å². The second-order valence-corrected chi connectivity index (χ2v) is 9.21. The first kappa shape index (κ1) is 22.1. The molecule has 2 unspecified atom stereocenters. The SMILES string of the molecule is Cc1cc(C(=O)N2CC(C)NC(C)C2)c(C=C2C(=O)Nc3cccc(-c4cccc(F)c4)c32)[nH]1. The number of piperazine rings is 1. The molecule has 3 heterocycles. The molecule has 2 aliphatic heterocycles. The third-order valence-corrected chi connectivity index (χ3v) is 6.31. The fourth-order valence-electron chi connectivity index (χ4n) is 4.99. The van der Waals surface area contributed by atoms with E-state index < -0.39 is 0 Å². The molecule has 0 radical (unpaired) electrons. The number of hydrogen-bond acceptors (Lipinski definition) is 3. The van der Waals surface area contributed by atoms with Gasteiger partial charge in [-0.15, -0.1) is 0 Å². The highest BCUT2D eigenvalue weighted by Crippen LogP contribution is 2.40. The van der Waals surface area contributed by atoms with Crippen molar-refractivity contribution < 1.29 is 14.0 Å². The maximum atomic E-state index is 14.0. The van der Waals surface area contributed by atoms with Crippen molar-refractivity contribution in [3.63, 3.8) is 0 Å². The molecule has 0 spiro atoms. The molecule has 0 aliphatic carbocycles. The molecular formula is C27H27FN4O2. The van der Waals surface area contributed by atoms with E-state index in [4.69, 9.17) is 0 Å². The van der Waals surface area contributed by atoms with E-state index in [-0.39, 0.29) is 29.7 Å². The average molecular weight is 459 g/mol. The summed E-state index contributed by atoms with van der Waals surface area (Å²) in [6.07, 6.45) is 1.74. The summed E-state index contributed by atoms with van der Waals surface area (Å²) in [5.41, 5.74) is 5.21. The van der Waals surface area contributed by atoms with Crippen LogP contribution in [0.4, 0.5) is 10.1 Å². The minimum Gasteiger partial charge on any atom is -0.358 e. The Labute approximate surface area is 197 Å². The first-order valence-corrected chi connectivity index (χ1v) is 11.5. The van der Waals surface area contributed by atoms with E-state index in [9.17, 15) is 14.0 Å². The number of aromatic nitrogens is 1. The lowest BCUT2D eigenvalue weighted by molar-refractivity contribution is -0.110. The van der Waals surface area contributed by atoms with Crippen LogP contribution in [0.2, 0.25) is 0 Å². The number of halogens is 1. The highest BCUT2D eigenvalue weighted by Gasteiger charge is 2.30. The maximum Gasteiger partial charge on any atom is 0.256 e. The molecule has 0 saturated carbocycles. The van der Waals surface area contributed by atoms with E-state index in [0.717, 1.165) is 11.3 Å². The van der Waals surface area contributed by atoms with Crippen LogP contribution < -0.4 is 10.6 Å². The summed E-state index contributed by atoms with van der Waals surface area (Å²) >= 11 is 0. The summed E-state index contributed by atoms with van der Waals surface area (Å²) in [6.45, 7) is 7.26. The fourth-order valence-corrected chi connectivity index (χ4v) is 4.99. The van der Waals surface area contributed by atoms with E-state index in [0.29, 0.717) is 46.7 Å². The molecule has 3 N–H and O–H groups in total. The van der Waals surface area contributed by atoms with Crippen LogP contribution in [0.3, 0.4) is 0 Å². The molecule has 1 fully saturated rings. The number of carbonyl (C=O) groups is 2. The predicted molar refractivity (Wildman–Crippen MR) is 132 cm³/mol. The van der Waals surface area contributed by atoms with Crippen LogP contribution in [-0.2, 0) is 4.79 Å². The largest absolute Gasteiger partial charge is 0.358 e. The smallest absolute Gasteiger partial charge is 0.256 e. The number of benzene rings is 2. The third kappa shape index (κ3) is 4.03. The van der Waals surface area contributed by atoms with Crippen LogP contribution in [0.15, 0.2) is 48.5 Å². The van der Waals surface area contributed by atoms with E-state index in [1.807, 2.05) is 42.2 Å². The molecule has 6 nitrogen and oxygen atoms in total. The van der Waals surface area contributed by atoms with Gasteiger partial charge < -0.3 is 20.5 Å². The van der Waals surface area contributed by atoms with Crippen LogP contribution in [0.1, 0.15) is 41.2 Å². The van der Waals surface area contributed by atoms with Crippen molar-refractivity contribution in [1.82, 2.24) is 15.2 Å². The zero-order chi connectivity index (χ0) is 24.0. The minimum atomic E-state index is -0.342. The standard InChI is InChI=1S/C27H27FN4O2/c1-15-10-21(27(34)32-13-16(2)29-17(3)14-32)24(30-15)12-22-25-20(18-6-4-7-19(28)11-18)8-5-9-23(25)31-26(22)33/h4-12,16-17,29-30H,13-14H2,1-3H3,(H,31,33). The van der Waals surface area contributed by atoms with Gasteiger partial charge in [0.2, 0.25) is 0 Å². The summed E-state index contributed by atoms with van der Waals surface area (Å²) in [5, 5.41) is 6.35. The number of nitrogens with one attached hydrogen (secondary N) is 3. The van der Waals surface area contributed by atoms with Crippen LogP contribution >= 0.6 is 0 Å². The topological polar surface area (TPSA) is 77.2 Å². The van der Waals surface area contributed by atoms with Crippen molar-refractivity contribution in [2.75, 3.05) is 18.4 Å². The van der Waals surface area contributed by atoms with Gasteiger partial charge in [-0.1, -0.05) is 24.3 Å². The molecule has 5 rings (SSSR count). The lowest BCUT2D eigenvalue weighted by Crippen LogP contribution is -2.55. The summed E-state index contributed by atoms with van der Waals surface area (Å²) in [7, 11) is 0. The van der Waals surface area contributed by atoms with E-state index in [1.54, 1.807) is 12.1 Å². The van der Waals surface area contributed by atoms with Gasteiger partial charge in [0.15, 0.2) is 0 Å². The number of anilines is 1. The Morgan fingerprint density at radius 3 is 2.56 bits per heavy atom. The molecule has 174 valence electrons. The second-order valence-electron chi connectivity index (χ2n) is 9.21. The number of H-pyrrole nitrogens is 1. The summed E-state index contributed by atoms with van der Waals surface area (Å²) in [4.78, 5) is 31.6. The van der Waals surface area contributed by atoms with Gasteiger partial charge in [-0.05, 0) is 62.2 Å². The van der Waals surface area contributed by atoms with Gasteiger partial charge >= 0.3 is 0 Å². The number of nitrogens with zero attached hydrogens (tertiary/aromatic N) is 1. The number of fused-ring (bicyclic) bond motifs is 1. The lowest BCUT2D eigenvalue weighted by atomic mass is 9.94. The van der Waals surface area contributed by atoms with Gasteiger partial charge in [0.1, 0.15) is 5.82 Å². The number of carbonyl (C=O) groups excluding carboxylic acids is 2. The number of rotatable bonds is 3. The predicted octanol–water partition coefficient (Wildman–Crippen LogP) is 4.44. The Bertz CT molecular complexity index is 1320. The van der Waals surface area contributed by atoms with Gasteiger partial charge in [-0.25, -0.2) is 4.39 Å². The molecule has 2 aromatic carbocycles. The average Bonchev–Trinajstić information content (AvgIpc) is 3.31. The first-order valence-electron chi connectivity index (χ1n) is 11.5. The normalized spacial score (nSPS) is 21.0. The molecule has 34 heavy (non-hydrogen) atoms. The van der Waals surface area contributed by atoms with Crippen molar-refractivity contribution in [2.24, 2.45) is 0 Å². The Kier molecular flexibility index (Phi) is 5.57. The van der Waals surface area contributed by atoms with Gasteiger partial charge in [0.05, 0.1) is 16.8 Å². The molecule has 2 amide bonds. The van der Waals surface area contributed by atoms with Crippen molar-refractivity contribution in [2.45, 2.75) is 32.9 Å². The van der Waals surface area contributed by atoms with Crippen molar-refractivity contribution >= 4 is 29.2 Å². The molecule has 2 atom stereocenters. The molecule has 2 aliphatic rings. The quantitative estimate of drug-likeness (QED) is 0.508. The Morgan fingerprint density at radius 1 is 1.09 bits per heavy atom. The molecular weight excluding hydrogens is 431 g/mol. The minimum absolute atomic E-state index is 0.0616. The number of aryl methyl sites for hydroxylation is 1. The number of hydrogen-bond donors (Lipinski definition) is 3. The zero-order valence-electron chi connectivity index (χ0n) is 19.4. The van der Waals surface area contributed by atoms with Crippen molar-refractivity contribution in [3.8, 4) is 11.1 Å². The molecule has 1 aromatic heterocycles. The molecule has 7 heteroatoms. The molecule has 1 saturated heterocycles. The van der Waals surface area contributed by atoms with Gasteiger partial charge in [0, 0.05) is 42.1 Å². The van der Waals surface area contributed by atoms with Gasteiger partial charge in [-0.3, -0.25) is 9.59 Å². The highest BCUT2D eigenvalue weighted by atomic mass is 19.1. The van der Waals surface area contributed by atoms with E-state index in [1.165, 1.54) is 12.1 Å². The Hall–Kier alpha value is -3.71. The zero-order valence-corrected chi connectivity index (χ0v) is 19.4. The number of amides is 2. The second kappa shape index (κ2) is 8.57. The summed E-state index contributed by atoms with van der Waals surface area (Å²) in [5.74, 6) is -0.660. The molecule has 3 aromatic rings. The first-order chi connectivity index (χ1) is 16.3. The van der Waals surface area contributed by atoms with Gasteiger partial charge in [-0.2, -0.15) is 0 Å². The number of aromatic amines is 1. The molecule has 0 bridgehead atoms. The lowest BCUT2D eigenvalue weighted by Gasteiger charge is -2.36. The van der Waals surface area contributed by atoms with E-state index >= 15 is 0 Å². The Balaban J connectivity index is 1.58. The summed E-state index contributed by atoms with van der Waals surface area (Å²) in [6, 6.07) is 14.1. The summed E-state index contributed by atoms with van der Waals surface area (Å²) < 4.78 is 14.0. The van der Waals surface area contributed by atoms with Gasteiger partial charge in [0.25, 0.3) is 11.8 Å². The van der Waals surface area contributed by atoms with Crippen LogP contribution in [0.25, 0.3) is 22.8 Å². The van der Waals surface area contributed by atoms with Crippen LogP contribution in [-0.4, -0.2) is 46.9 Å². The van der Waals surface area contributed by atoms with E-state index in [2.05, 4.69) is 29.5 Å². The third-order valence-electron chi connectivity index (χ3n) is 6.31. The Morgan fingerprint density at radius 2 is 1.82 bits per heavy atom.